The molecule has 154 valence electrons. The third-order valence-electron chi connectivity index (χ3n) is 4.91. The summed E-state index contributed by atoms with van der Waals surface area (Å²) in [6.07, 6.45) is 1.55. The molecule has 1 aliphatic rings. The highest BCUT2D eigenvalue weighted by Crippen LogP contribution is 2.43. The van der Waals surface area contributed by atoms with Crippen LogP contribution in [-0.4, -0.2) is 26.8 Å². The van der Waals surface area contributed by atoms with Crippen LogP contribution in [0, 0.1) is 6.92 Å². The molecule has 0 spiro atoms. The average Bonchev–Trinajstić information content (AvgIpc) is 2.88. The first kappa shape index (κ1) is 20.3. The summed E-state index contributed by atoms with van der Waals surface area (Å²) in [6, 6.07) is 15.6. The first-order valence-corrected chi connectivity index (χ1v) is 11.1. The second-order valence-electron chi connectivity index (χ2n) is 7.24. The molecule has 2 heterocycles. The van der Waals surface area contributed by atoms with E-state index in [2.05, 4.69) is 22.1 Å². The van der Waals surface area contributed by atoms with Gasteiger partial charge in [-0.05, 0) is 25.5 Å². The van der Waals surface area contributed by atoms with Crippen molar-refractivity contribution >= 4 is 23.4 Å². The number of aromatic nitrogens is 3. The number of amides is 1. The van der Waals surface area contributed by atoms with Gasteiger partial charge in [-0.3, -0.25) is 9.69 Å². The number of benzene rings is 2. The molecule has 4 rings (SSSR count). The van der Waals surface area contributed by atoms with Gasteiger partial charge in [-0.1, -0.05) is 67.1 Å². The number of nitrogens with zero attached hydrogens (tertiary/aromatic N) is 4. The molecule has 3 aromatic rings. The topological polar surface area (TPSA) is 68.2 Å². The predicted molar refractivity (Wildman–Crippen MR) is 119 cm³/mol. The minimum atomic E-state index is -0.642. The van der Waals surface area contributed by atoms with Crippen molar-refractivity contribution in [3.8, 4) is 17.1 Å². The Morgan fingerprint density at radius 3 is 2.70 bits per heavy atom. The number of hydrogen-bond acceptors (Lipinski definition) is 6. The minimum absolute atomic E-state index is 0.118. The molecule has 0 unspecified atom stereocenters. The molecular weight excluding hydrogens is 396 g/mol. The average molecular weight is 421 g/mol. The van der Waals surface area contributed by atoms with E-state index in [4.69, 9.17) is 4.74 Å². The molecule has 6 nitrogen and oxygen atoms in total. The molecule has 0 radical (unpaired) electrons. The second kappa shape index (κ2) is 8.83. The van der Waals surface area contributed by atoms with E-state index in [1.165, 1.54) is 0 Å². The maximum Gasteiger partial charge on any atom is 0.247 e. The van der Waals surface area contributed by atoms with E-state index in [1.807, 2.05) is 55.5 Å². The summed E-state index contributed by atoms with van der Waals surface area (Å²) >= 11 is 1.57. The molecule has 1 aromatic heterocycles. The van der Waals surface area contributed by atoms with Gasteiger partial charge in [-0.15, -0.1) is 10.2 Å². The van der Waals surface area contributed by atoms with Crippen molar-refractivity contribution in [3.05, 3.63) is 59.7 Å². The molecule has 0 fully saturated rings. The van der Waals surface area contributed by atoms with E-state index in [9.17, 15) is 4.79 Å². The fourth-order valence-electron chi connectivity index (χ4n) is 3.42. The number of carbonyl (C=O) groups excluding carboxylic acids is 1. The van der Waals surface area contributed by atoms with Gasteiger partial charge in [0.05, 0.1) is 5.69 Å². The number of thioether (sulfide) groups is 1. The number of fused-ring (bicyclic) bond motifs is 3. The van der Waals surface area contributed by atoms with Crippen LogP contribution in [0.4, 0.5) is 5.69 Å². The van der Waals surface area contributed by atoms with Crippen LogP contribution in [0.2, 0.25) is 0 Å². The minimum Gasteiger partial charge on any atom is -0.447 e. The van der Waals surface area contributed by atoms with Crippen LogP contribution >= 0.6 is 11.8 Å². The number of aryl methyl sites for hydroxylation is 1. The van der Waals surface area contributed by atoms with Crippen LogP contribution in [0.25, 0.3) is 11.3 Å². The fourth-order valence-corrected chi connectivity index (χ4v) is 4.28. The summed E-state index contributed by atoms with van der Waals surface area (Å²) in [5.74, 6) is 1.20. The normalized spacial score (nSPS) is 15.0. The molecule has 1 atom stereocenters. The van der Waals surface area contributed by atoms with Crippen molar-refractivity contribution in [1.82, 2.24) is 15.2 Å². The number of rotatable bonds is 5. The van der Waals surface area contributed by atoms with Crippen LogP contribution in [0.1, 0.15) is 44.0 Å². The predicted octanol–water partition coefficient (Wildman–Crippen LogP) is 5.18. The highest BCUT2D eigenvalue weighted by atomic mass is 32.2. The number of carbonyl (C=O) groups is 1. The van der Waals surface area contributed by atoms with Gasteiger partial charge in [0.2, 0.25) is 23.2 Å². The maximum absolute atomic E-state index is 12.8. The van der Waals surface area contributed by atoms with Crippen molar-refractivity contribution in [2.75, 3.05) is 10.7 Å². The third-order valence-corrected chi connectivity index (χ3v) is 5.84. The molecule has 0 bridgehead atoms. The van der Waals surface area contributed by atoms with Gasteiger partial charge >= 0.3 is 0 Å². The zero-order valence-electron chi connectivity index (χ0n) is 17.3. The van der Waals surface area contributed by atoms with Gasteiger partial charge in [0, 0.05) is 23.8 Å². The lowest BCUT2D eigenvalue weighted by Crippen LogP contribution is -2.36. The van der Waals surface area contributed by atoms with E-state index in [-0.39, 0.29) is 5.91 Å². The molecule has 0 saturated carbocycles. The third kappa shape index (κ3) is 4.03. The van der Waals surface area contributed by atoms with Crippen molar-refractivity contribution in [2.24, 2.45) is 0 Å². The Morgan fingerprint density at radius 2 is 1.97 bits per heavy atom. The largest absolute Gasteiger partial charge is 0.447 e. The van der Waals surface area contributed by atoms with E-state index in [1.54, 1.807) is 23.6 Å². The Kier molecular flexibility index (Phi) is 5.99. The zero-order chi connectivity index (χ0) is 21.1. The summed E-state index contributed by atoms with van der Waals surface area (Å²) in [5, 5.41) is 9.37. The summed E-state index contributed by atoms with van der Waals surface area (Å²) in [5.41, 5.74) is 4.01. The molecule has 0 saturated heterocycles. The van der Waals surface area contributed by atoms with E-state index in [0.29, 0.717) is 16.7 Å². The molecular formula is C23H24N4O2S. The summed E-state index contributed by atoms with van der Waals surface area (Å²) in [4.78, 5) is 19.1. The smallest absolute Gasteiger partial charge is 0.247 e. The van der Waals surface area contributed by atoms with Crippen LogP contribution < -0.4 is 9.64 Å². The second-order valence-corrected chi connectivity index (χ2v) is 8.30. The molecule has 2 aromatic carbocycles. The Hall–Kier alpha value is -2.93. The Labute approximate surface area is 180 Å². The van der Waals surface area contributed by atoms with Crippen LogP contribution in [0.15, 0.2) is 53.7 Å². The summed E-state index contributed by atoms with van der Waals surface area (Å²) < 4.78 is 6.36. The fraction of sp³-hybridized carbons (Fsp3) is 0.304. The van der Waals surface area contributed by atoms with Gasteiger partial charge in [-0.25, -0.2) is 0 Å². The van der Waals surface area contributed by atoms with Crippen molar-refractivity contribution < 1.29 is 9.53 Å². The van der Waals surface area contributed by atoms with Crippen LogP contribution in [0.5, 0.6) is 5.88 Å². The van der Waals surface area contributed by atoms with Crippen molar-refractivity contribution in [1.29, 1.82) is 0 Å². The van der Waals surface area contributed by atoms with Crippen LogP contribution in [0.3, 0.4) is 0 Å². The van der Waals surface area contributed by atoms with Gasteiger partial charge in [-0.2, -0.15) is 4.98 Å². The molecule has 0 aliphatic carbocycles. The van der Waals surface area contributed by atoms with Crippen LogP contribution in [-0.2, 0) is 4.79 Å². The Bertz CT molecular complexity index is 1060. The lowest BCUT2D eigenvalue weighted by Gasteiger charge is -2.30. The quantitative estimate of drug-likeness (QED) is 0.418. The standard InChI is InChI=1S/C23H24N4O2S/c1-4-5-13-30-23-24-21-20(25-26-23)18-14-15(2)11-12-19(18)27(16(3)28)22(29-21)17-9-7-6-8-10-17/h6-12,14,22H,4-5,13H2,1-3H3/t22-/m1/s1. The van der Waals surface area contributed by atoms with Crippen molar-refractivity contribution in [3.63, 3.8) is 0 Å². The Morgan fingerprint density at radius 1 is 1.17 bits per heavy atom. The Balaban J connectivity index is 1.87. The summed E-state index contributed by atoms with van der Waals surface area (Å²) in [7, 11) is 0. The molecule has 1 aliphatic heterocycles. The zero-order valence-corrected chi connectivity index (χ0v) is 18.1. The van der Waals surface area contributed by atoms with Crippen molar-refractivity contribution in [2.45, 2.75) is 45.0 Å². The number of hydrogen-bond donors (Lipinski definition) is 0. The highest BCUT2D eigenvalue weighted by Gasteiger charge is 2.34. The van der Waals surface area contributed by atoms with Gasteiger partial charge in [0.15, 0.2) is 5.69 Å². The number of anilines is 1. The SMILES string of the molecule is CCCCSc1nnc2c(n1)O[C@H](c1ccccc1)N(C(C)=O)c1ccc(C)cc1-2. The number of ether oxygens (including phenoxy) is 1. The lowest BCUT2D eigenvalue weighted by atomic mass is 10.0. The molecule has 0 N–H and O–H groups in total. The van der Waals surface area contributed by atoms with Gasteiger partial charge < -0.3 is 4.74 Å². The highest BCUT2D eigenvalue weighted by molar-refractivity contribution is 7.99. The first-order valence-electron chi connectivity index (χ1n) is 10.1. The van der Waals surface area contributed by atoms with E-state index < -0.39 is 6.23 Å². The van der Waals surface area contributed by atoms with E-state index >= 15 is 0 Å². The molecule has 1 amide bonds. The molecule has 7 heteroatoms. The molecule has 30 heavy (non-hydrogen) atoms. The maximum atomic E-state index is 12.8. The van der Waals surface area contributed by atoms with Gasteiger partial charge in [0.25, 0.3) is 0 Å². The first-order chi connectivity index (χ1) is 14.6. The number of unbranched alkanes of at least 4 members (excludes halogenated alkanes) is 1. The monoisotopic (exact) mass is 420 g/mol. The van der Waals surface area contributed by atoms with Gasteiger partial charge in [0.1, 0.15) is 0 Å². The van der Waals surface area contributed by atoms with E-state index in [0.717, 1.165) is 41.0 Å². The lowest BCUT2D eigenvalue weighted by molar-refractivity contribution is -0.118. The summed E-state index contributed by atoms with van der Waals surface area (Å²) in [6.45, 7) is 5.71.